The Labute approximate surface area is 177 Å². The molecule has 162 valence electrons. The number of benzene rings is 1. The van der Waals surface area contributed by atoms with Gasteiger partial charge in [-0.2, -0.15) is 0 Å². The Morgan fingerprint density at radius 3 is 2.77 bits per heavy atom. The van der Waals surface area contributed by atoms with Gasteiger partial charge in [0.15, 0.2) is 0 Å². The Hall–Kier alpha value is -3.24. The third kappa shape index (κ3) is 3.37. The highest BCUT2D eigenvalue weighted by molar-refractivity contribution is 5.93. The molecule has 2 amide bonds. The van der Waals surface area contributed by atoms with Crippen molar-refractivity contribution in [2.24, 2.45) is 0 Å². The average molecular weight is 426 g/mol. The Morgan fingerprint density at radius 2 is 2.03 bits per heavy atom. The number of cyclic esters (lactones) is 1. The van der Waals surface area contributed by atoms with Gasteiger partial charge in [-0.3, -0.25) is 19.1 Å². The summed E-state index contributed by atoms with van der Waals surface area (Å²) in [6.07, 6.45) is -0.223. The summed E-state index contributed by atoms with van der Waals surface area (Å²) in [7, 11) is 0. The Bertz CT molecular complexity index is 1110. The number of aliphatic hydroxyl groups excluding tert-OH is 1. The van der Waals surface area contributed by atoms with Gasteiger partial charge in [0.2, 0.25) is 0 Å². The Kier molecular flexibility index (Phi) is 4.75. The molecular formula is C21H22N4O6. The van der Waals surface area contributed by atoms with Gasteiger partial charge in [-0.1, -0.05) is 18.2 Å². The van der Waals surface area contributed by atoms with Crippen LogP contribution < -0.4 is 15.8 Å². The lowest BCUT2D eigenvalue weighted by molar-refractivity contribution is -0.182. The van der Waals surface area contributed by atoms with Crippen LogP contribution in [0.1, 0.15) is 34.7 Å². The number of para-hydroxylation sites is 1. The number of aliphatic hydroxyl groups is 1. The van der Waals surface area contributed by atoms with E-state index in [0.717, 1.165) is 5.56 Å². The maximum absolute atomic E-state index is 12.8. The zero-order valence-electron chi connectivity index (χ0n) is 16.7. The van der Waals surface area contributed by atoms with Gasteiger partial charge in [0.1, 0.15) is 23.7 Å². The van der Waals surface area contributed by atoms with E-state index in [1.807, 2.05) is 18.2 Å². The highest BCUT2D eigenvalue weighted by Gasteiger charge is 2.51. The number of carbonyl (C=O) groups is 2. The maximum atomic E-state index is 12.8. The summed E-state index contributed by atoms with van der Waals surface area (Å²) in [4.78, 5) is 43.3. The normalized spacial score (nSPS) is 24.5. The maximum Gasteiger partial charge on any atom is 0.414 e. The molecule has 2 aliphatic heterocycles. The van der Waals surface area contributed by atoms with Crippen LogP contribution >= 0.6 is 0 Å². The molecule has 10 heteroatoms. The molecule has 1 saturated heterocycles. The second-order valence-corrected chi connectivity index (χ2v) is 7.94. The topological polar surface area (TPSA) is 123 Å². The number of fused-ring (bicyclic) bond motifs is 2. The fourth-order valence-electron chi connectivity index (χ4n) is 4.39. The lowest BCUT2D eigenvalue weighted by Crippen LogP contribution is -2.54. The van der Waals surface area contributed by atoms with Gasteiger partial charge in [0.05, 0.1) is 31.5 Å². The van der Waals surface area contributed by atoms with Crippen molar-refractivity contribution in [1.29, 1.82) is 0 Å². The minimum absolute atomic E-state index is 0.000535. The number of nitrogens with zero attached hydrogens (tertiary/aromatic N) is 3. The van der Waals surface area contributed by atoms with E-state index in [-0.39, 0.29) is 17.8 Å². The van der Waals surface area contributed by atoms with E-state index in [0.29, 0.717) is 50.7 Å². The molecule has 2 fully saturated rings. The third-order valence-electron chi connectivity index (χ3n) is 5.95. The van der Waals surface area contributed by atoms with E-state index in [4.69, 9.17) is 9.47 Å². The number of hydrogen-bond donors (Lipinski definition) is 2. The van der Waals surface area contributed by atoms with E-state index in [2.05, 4.69) is 10.3 Å². The number of aromatic nitrogens is 2. The van der Waals surface area contributed by atoms with Crippen LogP contribution in [0.4, 0.5) is 10.5 Å². The van der Waals surface area contributed by atoms with Crippen LogP contribution in [-0.4, -0.2) is 52.5 Å². The number of rotatable bonds is 4. The van der Waals surface area contributed by atoms with E-state index >= 15 is 0 Å². The lowest BCUT2D eigenvalue weighted by atomic mass is 9.76. The van der Waals surface area contributed by atoms with E-state index in [1.54, 1.807) is 6.07 Å². The van der Waals surface area contributed by atoms with Crippen molar-refractivity contribution in [2.75, 3.05) is 24.7 Å². The first-order chi connectivity index (χ1) is 15.0. The molecular weight excluding hydrogens is 404 g/mol. The molecule has 10 nitrogen and oxygen atoms in total. The van der Waals surface area contributed by atoms with Crippen molar-refractivity contribution in [1.82, 2.24) is 14.9 Å². The largest absolute Gasteiger partial charge is 0.447 e. The molecule has 0 bridgehead atoms. The predicted octanol–water partition coefficient (Wildman–Crippen LogP) is 0.510. The summed E-state index contributed by atoms with van der Waals surface area (Å²) >= 11 is 0. The monoisotopic (exact) mass is 426 g/mol. The van der Waals surface area contributed by atoms with Crippen molar-refractivity contribution in [3.63, 3.8) is 0 Å². The van der Waals surface area contributed by atoms with Crippen molar-refractivity contribution >= 4 is 17.7 Å². The number of carbonyl (C=O) groups excluding carboxylic acids is 2. The second-order valence-electron chi connectivity index (χ2n) is 7.94. The van der Waals surface area contributed by atoms with Crippen LogP contribution in [0.25, 0.3) is 0 Å². The highest BCUT2D eigenvalue weighted by Crippen LogP contribution is 2.45. The van der Waals surface area contributed by atoms with Crippen LogP contribution in [0.5, 0.6) is 0 Å². The first-order valence-corrected chi connectivity index (χ1v) is 10.2. The Balaban J connectivity index is 1.37. The van der Waals surface area contributed by atoms with E-state index < -0.39 is 23.7 Å². The smallest absolute Gasteiger partial charge is 0.414 e. The zero-order valence-corrected chi connectivity index (χ0v) is 16.7. The summed E-state index contributed by atoms with van der Waals surface area (Å²) in [5, 5.41) is 12.6. The number of amides is 2. The predicted molar refractivity (Wildman–Crippen MR) is 108 cm³/mol. The molecule has 0 atom stereocenters. The fourth-order valence-corrected chi connectivity index (χ4v) is 4.39. The van der Waals surface area contributed by atoms with Crippen molar-refractivity contribution in [3.8, 4) is 0 Å². The van der Waals surface area contributed by atoms with Crippen molar-refractivity contribution < 1.29 is 24.2 Å². The van der Waals surface area contributed by atoms with Crippen LogP contribution in [0, 0.1) is 0 Å². The van der Waals surface area contributed by atoms with Crippen LogP contribution in [0.3, 0.4) is 0 Å². The van der Waals surface area contributed by atoms with Gasteiger partial charge in [-0.15, -0.1) is 0 Å². The minimum Gasteiger partial charge on any atom is -0.447 e. The van der Waals surface area contributed by atoms with Crippen LogP contribution in [-0.2, 0) is 28.2 Å². The molecule has 2 aromatic rings. The first kappa shape index (κ1) is 19.7. The quantitative estimate of drug-likeness (QED) is 0.730. The molecule has 0 unspecified atom stereocenters. The van der Waals surface area contributed by atoms with Gasteiger partial charge in [0.25, 0.3) is 11.5 Å². The van der Waals surface area contributed by atoms with Crippen LogP contribution in [0.15, 0.2) is 35.1 Å². The van der Waals surface area contributed by atoms with Crippen LogP contribution in [0.2, 0.25) is 0 Å². The van der Waals surface area contributed by atoms with Crippen molar-refractivity contribution in [3.05, 3.63) is 57.8 Å². The third-order valence-corrected chi connectivity index (χ3v) is 5.95. The number of hydrogen-bond acceptors (Lipinski definition) is 7. The fraction of sp³-hybridized carbons (Fsp3) is 0.429. The molecule has 2 N–H and O–H groups in total. The first-order valence-electron chi connectivity index (χ1n) is 10.2. The van der Waals surface area contributed by atoms with Gasteiger partial charge in [-0.25, -0.2) is 9.78 Å². The number of ether oxygens (including phenoxy) is 2. The van der Waals surface area contributed by atoms with Gasteiger partial charge in [-0.05, 0) is 11.6 Å². The minimum atomic E-state index is -0.810. The molecule has 1 aromatic carbocycles. The molecule has 3 heterocycles. The molecule has 1 spiro atoms. The van der Waals surface area contributed by atoms with Gasteiger partial charge >= 0.3 is 6.09 Å². The number of anilines is 1. The molecule has 1 aromatic heterocycles. The Morgan fingerprint density at radius 1 is 1.23 bits per heavy atom. The summed E-state index contributed by atoms with van der Waals surface area (Å²) < 4.78 is 12.4. The highest BCUT2D eigenvalue weighted by atomic mass is 16.6. The molecule has 1 aliphatic carbocycles. The molecule has 5 rings (SSSR count). The standard InChI is InChI=1S/C21H22N4O6/c26-14-10-21(11-14)19-23-15(9-17(27)25(19)6-8-31-21)18(28)22-12-13-3-1-2-4-16(13)24-5-7-30-20(24)29/h1-4,9,14,26H,5-8,10-12H2,(H,22,28). The SMILES string of the molecule is O=C(NCc1ccccc1N1CCOC1=O)c1cc(=O)n2c(n1)C1(CC(O)C1)OCC2. The van der Waals surface area contributed by atoms with E-state index in [9.17, 15) is 19.5 Å². The zero-order chi connectivity index (χ0) is 21.6. The summed E-state index contributed by atoms with van der Waals surface area (Å²) in [5.41, 5.74) is 0.279. The lowest BCUT2D eigenvalue weighted by Gasteiger charge is -2.47. The number of nitrogens with one attached hydrogen (secondary N) is 1. The van der Waals surface area contributed by atoms with Gasteiger partial charge in [0, 0.05) is 25.5 Å². The molecule has 1 saturated carbocycles. The molecule has 3 aliphatic rings. The average Bonchev–Trinajstić information content (AvgIpc) is 3.17. The molecule has 0 radical (unpaired) electrons. The van der Waals surface area contributed by atoms with E-state index in [1.165, 1.54) is 15.5 Å². The van der Waals surface area contributed by atoms with Gasteiger partial charge < -0.3 is 19.9 Å². The summed E-state index contributed by atoms with van der Waals surface area (Å²) in [6.45, 7) is 1.64. The molecule has 31 heavy (non-hydrogen) atoms. The second kappa shape index (κ2) is 7.47. The summed E-state index contributed by atoms with van der Waals surface area (Å²) in [5.74, 6) is -0.109. The van der Waals surface area contributed by atoms with Crippen molar-refractivity contribution in [2.45, 2.75) is 37.6 Å². The summed E-state index contributed by atoms with van der Waals surface area (Å²) in [6, 6.07) is 8.45.